The van der Waals surface area contributed by atoms with Crippen molar-refractivity contribution in [3.63, 3.8) is 0 Å². The van der Waals surface area contributed by atoms with E-state index in [1.165, 1.54) is 5.39 Å². The molecule has 4 nitrogen and oxygen atoms in total. The van der Waals surface area contributed by atoms with Crippen LogP contribution >= 0.6 is 0 Å². The van der Waals surface area contributed by atoms with E-state index in [0.717, 1.165) is 72.1 Å². The van der Waals surface area contributed by atoms with Crippen LogP contribution in [0.2, 0.25) is 0 Å². The molecule has 0 atom stereocenters. The lowest BCUT2D eigenvalue weighted by Gasteiger charge is -2.12. The Morgan fingerprint density at radius 3 is 1.98 bits per heavy atom. The van der Waals surface area contributed by atoms with E-state index in [1.807, 2.05) is 48.5 Å². The number of furan rings is 1. The molecule has 9 aromatic rings. The highest BCUT2D eigenvalue weighted by atomic mass is 16.3. The van der Waals surface area contributed by atoms with E-state index in [-0.39, 0.29) is 0 Å². The minimum Gasteiger partial charge on any atom is -0.455 e. The quantitative estimate of drug-likeness (QED) is 0.214. The molecule has 0 amide bonds. The first-order chi connectivity index (χ1) is 21.8. The molecule has 44 heavy (non-hydrogen) atoms. The van der Waals surface area contributed by atoms with Crippen molar-refractivity contribution in [3.05, 3.63) is 152 Å². The Morgan fingerprint density at radius 2 is 1.14 bits per heavy atom. The third kappa shape index (κ3) is 3.85. The number of nitrogens with zero attached hydrogens (tertiary/aromatic N) is 3. The molecule has 0 fully saturated rings. The first kappa shape index (κ1) is 24.6. The van der Waals surface area contributed by atoms with Crippen molar-refractivity contribution in [1.82, 2.24) is 14.5 Å². The van der Waals surface area contributed by atoms with E-state index in [1.54, 1.807) is 0 Å². The van der Waals surface area contributed by atoms with Gasteiger partial charge in [0.1, 0.15) is 17.0 Å². The summed E-state index contributed by atoms with van der Waals surface area (Å²) in [4.78, 5) is 10.2. The van der Waals surface area contributed by atoms with Gasteiger partial charge in [-0.3, -0.25) is 4.57 Å². The molecule has 0 saturated heterocycles. The summed E-state index contributed by atoms with van der Waals surface area (Å²) in [6, 6.07) is 52.5. The second-order valence-corrected chi connectivity index (χ2v) is 11.0. The van der Waals surface area contributed by atoms with Gasteiger partial charge in [0.25, 0.3) is 0 Å². The van der Waals surface area contributed by atoms with Gasteiger partial charge < -0.3 is 4.42 Å². The van der Waals surface area contributed by atoms with Crippen LogP contribution in [-0.4, -0.2) is 14.5 Å². The maximum Gasteiger partial charge on any atom is 0.162 e. The summed E-state index contributed by atoms with van der Waals surface area (Å²) in [5.41, 5.74) is 9.10. The molecule has 0 N–H and O–H groups in total. The SMILES string of the molecule is c1ccc(-c2cc(-n3c4ccccc4c4cc(-c5cccc6c5oc5ccccc56)ccc43)nc(-c3ccccc3)n2)cc1. The van der Waals surface area contributed by atoms with Crippen LogP contribution in [0.4, 0.5) is 0 Å². The summed E-state index contributed by atoms with van der Waals surface area (Å²) < 4.78 is 8.66. The van der Waals surface area contributed by atoms with Gasteiger partial charge in [0.05, 0.1) is 16.7 Å². The van der Waals surface area contributed by atoms with E-state index in [2.05, 4.69) is 108 Å². The van der Waals surface area contributed by atoms with Gasteiger partial charge in [0.2, 0.25) is 0 Å². The van der Waals surface area contributed by atoms with Crippen molar-refractivity contribution >= 4 is 43.7 Å². The average Bonchev–Trinajstić information content (AvgIpc) is 3.64. The zero-order valence-electron chi connectivity index (χ0n) is 23.7. The monoisotopic (exact) mass is 563 g/mol. The highest BCUT2D eigenvalue weighted by molar-refractivity contribution is 6.13. The first-order valence-corrected chi connectivity index (χ1v) is 14.8. The second kappa shape index (κ2) is 9.79. The van der Waals surface area contributed by atoms with E-state index in [9.17, 15) is 0 Å². The summed E-state index contributed by atoms with van der Waals surface area (Å²) in [6.45, 7) is 0. The number of aromatic nitrogens is 3. The molecule has 0 saturated carbocycles. The van der Waals surface area contributed by atoms with Crippen molar-refractivity contribution < 1.29 is 4.42 Å². The molecule has 0 aliphatic heterocycles. The number of fused-ring (bicyclic) bond motifs is 6. The van der Waals surface area contributed by atoms with Crippen LogP contribution in [0, 0.1) is 0 Å². The predicted molar refractivity (Wildman–Crippen MR) is 180 cm³/mol. The minimum atomic E-state index is 0.695. The van der Waals surface area contributed by atoms with Gasteiger partial charge in [-0.05, 0) is 29.8 Å². The molecular formula is C40H25N3O. The van der Waals surface area contributed by atoms with Crippen LogP contribution in [0.5, 0.6) is 0 Å². The molecule has 0 spiro atoms. The molecule has 206 valence electrons. The lowest BCUT2D eigenvalue weighted by Crippen LogP contribution is -2.02. The Morgan fingerprint density at radius 1 is 0.455 bits per heavy atom. The fourth-order valence-electron chi connectivity index (χ4n) is 6.38. The van der Waals surface area contributed by atoms with Crippen LogP contribution in [0.25, 0.3) is 83.3 Å². The minimum absolute atomic E-state index is 0.695. The lowest BCUT2D eigenvalue weighted by atomic mass is 10.0. The second-order valence-electron chi connectivity index (χ2n) is 11.0. The van der Waals surface area contributed by atoms with Crippen molar-refractivity contribution in [1.29, 1.82) is 0 Å². The molecule has 6 aromatic carbocycles. The molecule has 0 radical (unpaired) electrons. The molecule has 3 aromatic heterocycles. The zero-order valence-corrected chi connectivity index (χ0v) is 23.7. The van der Waals surface area contributed by atoms with Crippen molar-refractivity contribution in [2.75, 3.05) is 0 Å². The van der Waals surface area contributed by atoms with E-state index in [0.29, 0.717) is 5.82 Å². The van der Waals surface area contributed by atoms with Crippen molar-refractivity contribution in [2.24, 2.45) is 0 Å². The van der Waals surface area contributed by atoms with Crippen LogP contribution in [0.3, 0.4) is 0 Å². The number of benzene rings is 6. The molecule has 3 heterocycles. The topological polar surface area (TPSA) is 43.9 Å². The number of hydrogen-bond acceptors (Lipinski definition) is 3. The number of rotatable bonds is 4. The molecule has 9 rings (SSSR count). The highest BCUT2D eigenvalue weighted by Crippen LogP contribution is 2.39. The van der Waals surface area contributed by atoms with Crippen molar-refractivity contribution in [3.8, 4) is 39.6 Å². The maximum absolute atomic E-state index is 6.40. The Balaban J connectivity index is 1.30. The van der Waals surface area contributed by atoms with Crippen LogP contribution < -0.4 is 0 Å². The largest absolute Gasteiger partial charge is 0.455 e. The van der Waals surface area contributed by atoms with Gasteiger partial charge in [-0.1, -0.05) is 121 Å². The molecule has 0 aliphatic carbocycles. The van der Waals surface area contributed by atoms with Gasteiger partial charge in [-0.25, -0.2) is 9.97 Å². The predicted octanol–water partition coefficient (Wildman–Crippen LogP) is 10.5. The lowest BCUT2D eigenvalue weighted by molar-refractivity contribution is 0.670. The molecule has 0 unspecified atom stereocenters. The Bertz CT molecular complexity index is 2430. The van der Waals surface area contributed by atoms with Gasteiger partial charge in [-0.2, -0.15) is 0 Å². The Hall–Kier alpha value is -6.00. The maximum atomic E-state index is 6.40. The third-order valence-corrected chi connectivity index (χ3v) is 8.43. The fraction of sp³-hybridized carbons (Fsp3) is 0. The van der Waals surface area contributed by atoms with Crippen molar-refractivity contribution in [2.45, 2.75) is 0 Å². The Labute approximate surface area is 253 Å². The zero-order chi connectivity index (χ0) is 29.0. The number of para-hydroxylation sites is 3. The molecular weight excluding hydrogens is 538 g/mol. The highest BCUT2D eigenvalue weighted by Gasteiger charge is 2.18. The summed E-state index contributed by atoms with van der Waals surface area (Å²) in [5, 5.41) is 4.59. The normalized spacial score (nSPS) is 11.6. The van der Waals surface area contributed by atoms with Crippen LogP contribution in [-0.2, 0) is 0 Å². The third-order valence-electron chi connectivity index (χ3n) is 8.43. The molecule has 0 aliphatic rings. The summed E-state index contributed by atoms with van der Waals surface area (Å²) in [6.07, 6.45) is 0. The Kier molecular flexibility index (Phi) is 5.47. The van der Waals surface area contributed by atoms with Gasteiger partial charge >= 0.3 is 0 Å². The van der Waals surface area contributed by atoms with Gasteiger partial charge in [0.15, 0.2) is 5.82 Å². The van der Waals surface area contributed by atoms with Gasteiger partial charge in [0, 0.05) is 44.3 Å². The smallest absolute Gasteiger partial charge is 0.162 e. The van der Waals surface area contributed by atoms with Crippen LogP contribution in [0.15, 0.2) is 156 Å². The average molecular weight is 564 g/mol. The first-order valence-electron chi connectivity index (χ1n) is 14.8. The molecule has 4 heteroatoms. The standard InChI is InChI=1S/C40H25N3O/c1-3-12-26(13-4-1)34-25-38(42-40(41-34)27-14-5-2-6-15-27)43-35-20-9-7-16-30(35)33-24-28(22-23-36(33)43)29-18-11-19-32-31-17-8-10-21-37(31)44-39(29)32/h1-25H. The summed E-state index contributed by atoms with van der Waals surface area (Å²) in [5.74, 6) is 1.53. The van der Waals surface area contributed by atoms with E-state index in [4.69, 9.17) is 14.4 Å². The summed E-state index contributed by atoms with van der Waals surface area (Å²) in [7, 11) is 0. The number of hydrogen-bond donors (Lipinski definition) is 0. The van der Waals surface area contributed by atoms with E-state index >= 15 is 0 Å². The van der Waals surface area contributed by atoms with Crippen LogP contribution in [0.1, 0.15) is 0 Å². The van der Waals surface area contributed by atoms with Gasteiger partial charge in [-0.15, -0.1) is 0 Å². The summed E-state index contributed by atoms with van der Waals surface area (Å²) >= 11 is 0. The fourth-order valence-corrected chi connectivity index (χ4v) is 6.38. The van der Waals surface area contributed by atoms with E-state index < -0.39 is 0 Å². The molecule has 0 bridgehead atoms.